The molecule has 160 valence electrons. The molecule has 29 heavy (non-hydrogen) atoms. The Morgan fingerprint density at radius 3 is 2.07 bits per heavy atom. The second-order valence-corrected chi connectivity index (χ2v) is 9.12. The van der Waals surface area contributed by atoms with E-state index in [-0.39, 0.29) is 5.41 Å². The van der Waals surface area contributed by atoms with Gasteiger partial charge in [0.1, 0.15) is 5.75 Å². The topological polar surface area (TPSA) is 21.3 Å². The van der Waals surface area contributed by atoms with Crippen LogP contribution in [0.3, 0.4) is 0 Å². The van der Waals surface area contributed by atoms with Crippen molar-refractivity contribution < 1.29 is 4.74 Å². The molecule has 0 heterocycles. The Morgan fingerprint density at radius 1 is 0.828 bits per heavy atom. The molecule has 1 unspecified atom stereocenters. The molecule has 0 amide bonds. The van der Waals surface area contributed by atoms with Crippen molar-refractivity contribution in [2.45, 2.75) is 91.1 Å². The molecule has 0 aliphatic rings. The number of hydrogen-bond donors (Lipinski definition) is 1. The monoisotopic (exact) mass is 395 g/mol. The van der Waals surface area contributed by atoms with E-state index in [1.165, 1.54) is 42.4 Å². The summed E-state index contributed by atoms with van der Waals surface area (Å²) in [4.78, 5) is 0. The summed E-state index contributed by atoms with van der Waals surface area (Å²) in [6, 6.07) is 18.0. The summed E-state index contributed by atoms with van der Waals surface area (Å²) in [6.45, 7) is 13.0. The zero-order chi connectivity index (χ0) is 21.1. The second kappa shape index (κ2) is 12.0. The van der Waals surface area contributed by atoms with E-state index >= 15 is 0 Å². The zero-order valence-corrected chi connectivity index (χ0v) is 19.3. The lowest BCUT2D eigenvalue weighted by molar-refractivity contribution is 0.304. The highest BCUT2D eigenvalue weighted by Gasteiger charge is 2.13. The van der Waals surface area contributed by atoms with Gasteiger partial charge in [-0.25, -0.2) is 0 Å². The molecule has 0 fully saturated rings. The normalized spacial score (nSPS) is 12.7. The maximum atomic E-state index is 5.90. The van der Waals surface area contributed by atoms with Gasteiger partial charge in [-0.1, -0.05) is 96.7 Å². The third-order valence-electron chi connectivity index (χ3n) is 5.58. The summed E-state index contributed by atoms with van der Waals surface area (Å²) in [5.74, 6) is 0.983. The van der Waals surface area contributed by atoms with E-state index < -0.39 is 0 Å². The molecular formula is C27H41NO. The molecule has 0 bridgehead atoms. The average molecular weight is 396 g/mol. The van der Waals surface area contributed by atoms with E-state index in [1.807, 2.05) is 0 Å². The molecular weight excluding hydrogens is 354 g/mol. The SMILES string of the molecule is CCCCCCCOc1ccc(C(CC)NCc2ccc(C(C)(C)C)cc2)cc1. The van der Waals surface area contributed by atoms with Crippen LogP contribution >= 0.6 is 0 Å². The molecule has 0 saturated carbocycles. The van der Waals surface area contributed by atoms with Gasteiger partial charge in [0.05, 0.1) is 6.61 Å². The summed E-state index contributed by atoms with van der Waals surface area (Å²) >= 11 is 0. The number of benzene rings is 2. The molecule has 2 rings (SSSR count). The first-order chi connectivity index (χ1) is 13.9. The van der Waals surface area contributed by atoms with E-state index in [0.29, 0.717) is 6.04 Å². The smallest absolute Gasteiger partial charge is 0.119 e. The first kappa shape index (κ1) is 23.5. The summed E-state index contributed by atoms with van der Waals surface area (Å²) in [7, 11) is 0. The summed E-state index contributed by atoms with van der Waals surface area (Å²) in [5.41, 5.74) is 4.25. The lowest BCUT2D eigenvalue weighted by atomic mass is 9.87. The van der Waals surface area contributed by atoms with Crippen LogP contribution < -0.4 is 10.1 Å². The molecule has 2 aromatic rings. The van der Waals surface area contributed by atoms with E-state index in [9.17, 15) is 0 Å². The van der Waals surface area contributed by atoms with Gasteiger partial charge in [-0.15, -0.1) is 0 Å². The summed E-state index contributed by atoms with van der Waals surface area (Å²) in [5, 5.41) is 3.71. The molecule has 2 aromatic carbocycles. The molecule has 0 spiro atoms. The van der Waals surface area contributed by atoms with Crippen LogP contribution in [-0.2, 0) is 12.0 Å². The highest BCUT2D eigenvalue weighted by Crippen LogP contribution is 2.23. The standard InChI is InChI=1S/C27H41NO/c1-6-8-9-10-11-20-29-25-18-14-23(15-19-25)26(7-2)28-21-22-12-16-24(17-13-22)27(3,4)5/h12-19,26,28H,6-11,20-21H2,1-5H3. The quantitative estimate of drug-likeness (QED) is 0.374. The second-order valence-electron chi connectivity index (χ2n) is 9.12. The number of nitrogens with one attached hydrogen (secondary N) is 1. The molecule has 0 radical (unpaired) electrons. The number of unbranched alkanes of at least 4 members (excludes halogenated alkanes) is 4. The fourth-order valence-electron chi connectivity index (χ4n) is 3.55. The molecule has 1 N–H and O–H groups in total. The van der Waals surface area contributed by atoms with E-state index in [1.54, 1.807) is 0 Å². The van der Waals surface area contributed by atoms with Crippen LogP contribution in [0.1, 0.15) is 95.9 Å². The van der Waals surface area contributed by atoms with Crippen LogP contribution in [-0.4, -0.2) is 6.61 Å². The Balaban J connectivity index is 1.81. The summed E-state index contributed by atoms with van der Waals surface area (Å²) in [6.07, 6.45) is 7.43. The third-order valence-corrected chi connectivity index (χ3v) is 5.58. The highest BCUT2D eigenvalue weighted by molar-refractivity contribution is 5.30. The molecule has 0 aromatic heterocycles. The van der Waals surface area contributed by atoms with E-state index in [0.717, 1.165) is 31.7 Å². The average Bonchev–Trinajstić information content (AvgIpc) is 2.71. The van der Waals surface area contributed by atoms with Crippen LogP contribution in [0.4, 0.5) is 0 Å². The highest BCUT2D eigenvalue weighted by atomic mass is 16.5. The van der Waals surface area contributed by atoms with Gasteiger partial charge >= 0.3 is 0 Å². The first-order valence-electron chi connectivity index (χ1n) is 11.5. The van der Waals surface area contributed by atoms with Crippen molar-refractivity contribution in [1.29, 1.82) is 0 Å². The van der Waals surface area contributed by atoms with Gasteiger partial charge in [0.2, 0.25) is 0 Å². The lowest BCUT2D eigenvalue weighted by Gasteiger charge is -2.20. The molecule has 0 aliphatic heterocycles. The number of ether oxygens (including phenoxy) is 1. The first-order valence-corrected chi connectivity index (χ1v) is 11.5. The van der Waals surface area contributed by atoms with Gasteiger partial charge in [0, 0.05) is 12.6 Å². The van der Waals surface area contributed by atoms with Crippen LogP contribution in [0, 0.1) is 0 Å². The van der Waals surface area contributed by atoms with Crippen LogP contribution in [0.5, 0.6) is 5.75 Å². The van der Waals surface area contributed by atoms with Gasteiger partial charge in [-0.3, -0.25) is 0 Å². The van der Waals surface area contributed by atoms with Crippen molar-refractivity contribution in [2.75, 3.05) is 6.61 Å². The largest absolute Gasteiger partial charge is 0.494 e. The van der Waals surface area contributed by atoms with Gasteiger partial charge in [0.15, 0.2) is 0 Å². The van der Waals surface area contributed by atoms with Gasteiger partial charge in [-0.2, -0.15) is 0 Å². The van der Waals surface area contributed by atoms with Crippen molar-refractivity contribution >= 4 is 0 Å². The van der Waals surface area contributed by atoms with Crippen LogP contribution in [0.25, 0.3) is 0 Å². The number of hydrogen-bond acceptors (Lipinski definition) is 2. The van der Waals surface area contributed by atoms with Crippen molar-refractivity contribution in [2.24, 2.45) is 0 Å². The minimum absolute atomic E-state index is 0.206. The zero-order valence-electron chi connectivity index (χ0n) is 19.3. The van der Waals surface area contributed by atoms with Gasteiger partial charge in [0.25, 0.3) is 0 Å². The molecule has 1 atom stereocenters. The third kappa shape index (κ3) is 8.22. The van der Waals surface area contributed by atoms with E-state index in [4.69, 9.17) is 4.74 Å². The Hall–Kier alpha value is -1.80. The van der Waals surface area contributed by atoms with Crippen molar-refractivity contribution in [1.82, 2.24) is 5.32 Å². The van der Waals surface area contributed by atoms with Crippen molar-refractivity contribution in [3.63, 3.8) is 0 Å². The minimum atomic E-state index is 0.206. The van der Waals surface area contributed by atoms with Gasteiger partial charge in [-0.05, 0) is 47.1 Å². The maximum Gasteiger partial charge on any atom is 0.119 e. The predicted octanol–water partition coefficient (Wildman–Crippen LogP) is 7.57. The van der Waals surface area contributed by atoms with E-state index in [2.05, 4.69) is 88.5 Å². The number of rotatable bonds is 12. The van der Waals surface area contributed by atoms with Crippen molar-refractivity contribution in [3.05, 3.63) is 65.2 Å². The van der Waals surface area contributed by atoms with Crippen LogP contribution in [0.2, 0.25) is 0 Å². The molecule has 2 heteroatoms. The Bertz CT molecular complexity index is 682. The maximum absolute atomic E-state index is 5.90. The molecule has 0 aliphatic carbocycles. The molecule has 2 nitrogen and oxygen atoms in total. The van der Waals surface area contributed by atoms with Crippen molar-refractivity contribution in [3.8, 4) is 5.75 Å². The Labute approximate surface area is 179 Å². The minimum Gasteiger partial charge on any atom is -0.494 e. The summed E-state index contributed by atoms with van der Waals surface area (Å²) < 4.78 is 5.90. The lowest BCUT2D eigenvalue weighted by Crippen LogP contribution is -2.20. The van der Waals surface area contributed by atoms with Crippen LogP contribution in [0.15, 0.2) is 48.5 Å². The molecule has 0 saturated heterocycles. The predicted molar refractivity (Wildman–Crippen MR) is 126 cm³/mol. The fraction of sp³-hybridized carbons (Fsp3) is 0.556. The fourth-order valence-corrected chi connectivity index (χ4v) is 3.55. The Kier molecular flexibility index (Phi) is 9.73. The Morgan fingerprint density at radius 2 is 1.48 bits per heavy atom. The van der Waals surface area contributed by atoms with Gasteiger partial charge < -0.3 is 10.1 Å².